The molecule has 0 bridgehead atoms. The van der Waals surface area contributed by atoms with Crippen LogP contribution in [0.25, 0.3) is 0 Å². The Morgan fingerprint density at radius 3 is 2.45 bits per heavy atom. The van der Waals surface area contributed by atoms with Gasteiger partial charge in [0.05, 0.1) is 0 Å². The molecule has 1 aliphatic rings. The first kappa shape index (κ1) is 8.49. The van der Waals surface area contributed by atoms with Crippen molar-refractivity contribution >= 4 is 5.97 Å². The number of hydrogen-bond donors (Lipinski definition) is 3. The molecule has 0 aromatic rings. The summed E-state index contributed by atoms with van der Waals surface area (Å²) < 4.78 is 0. The molecule has 0 heterocycles. The normalized spacial score (nSPS) is 22.7. The van der Waals surface area contributed by atoms with E-state index >= 15 is 0 Å². The lowest BCUT2D eigenvalue weighted by atomic mass is 9.98. The van der Waals surface area contributed by atoms with Crippen molar-refractivity contribution < 1.29 is 15.0 Å². The Hall–Kier alpha value is -0.610. The summed E-state index contributed by atoms with van der Waals surface area (Å²) in [6, 6.07) is -0.815. The van der Waals surface area contributed by atoms with Gasteiger partial charge in [0.15, 0.2) is 0 Å². The van der Waals surface area contributed by atoms with Crippen molar-refractivity contribution in [3.63, 3.8) is 0 Å². The maximum absolute atomic E-state index is 10.3. The fourth-order valence-electron chi connectivity index (χ4n) is 1.16. The molecule has 1 atom stereocenters. The first-order valence-corrected chi connectivity index (χ1v) is 3.69. The SMILES string of the molecule is N[C@@H](CC1(CO)CC1)C(=O)O. The molecule has 4 N–H and O–H groups in total. The minimum absolute atomic E-state index is 0.0635. The van der Waals surface area contributed by atoms with Crippen molar-refractivity contribution in [2.45, 2.75) is 25.3 Å². The van der Waals surface area contributed by atoms with Gasteiger partial charge in [-0.05, 0) is 24.7 Å². The van der Waals surface area contributed by atoms with Crippen LogP contribution in [0, 0.1) is 5.41 Å². The van der Waals surface area contributed by atoms with Gasteiger partial charge in [-0.2, -0.15) is 0 Å². The number of hydrogen-bond acceptors (Lipinski definition) is 3. The fraction of sp³-hybridized carbons (Fsp3) is 0.857. The van der Waals surface area contributed by atoms with Crippen LogP contribution < -0.4 is 5.73 Å². The zero-order valence-corrected chi connectivity index (χ0v) is 6.29. The van der Waals surface area contributed by atoms with E-state index < -0.39 is 12.0 Å². The van der Waals surface area contributed by atoms with Crippen LogP contribution in [0.4, 0.5) is 0 Å². The van der Waals surface area contributed by atoms with Crippen molar-refractivity contribution in [1.29, 1.82) is 0 Å². The Kier molecular flexibility index (Phi) is 2.15. The van der Waals surface area contributed by atoms with Crippen LogP contribution >= 0.6 is 0 Å². The second-order valence-electron chi connectivity index (χ2n) is 3.31. The number of aliphatic carboxylic acids is 1. The summed E-state index contributed by atoms with van der Waals surface area (Å²) in [4.78, 5) is 10.3. The number of aliphatic hydroxyl groups excluding tert-OH is 1. The van der Waals surface area contributed by atoms with Gasteiger partial charge in [-0.15, -0.1) is 0 Å². The van der Waals surface area contributed by atoms with E-state index in [4.69, 9.17) is 15.9 Å². The van der Waals surface area contributed by atoms with Crippen LogP contribution in [0.1, 0.15) is 19.3 Å². The molecule has 0 aromatic carbocycles. The van der Waals surface area contributed by atoms with E-state index in [1.165, 1.54) is 0 Å². The van der Waals surface area contributed by atoms with Gasteiger partial charge in [0, 0.05) is 6.61 Å². The molecule has 4 heteroatoms. The maximum atomic E-state index is 10.3. The summed E-state index contributed by atoms with van der Waals surface area (Å²) in [6.45, 7) is 0.0635. The van der Waals surface area contributed by atoms with Crippen molar-refractivity contribution in [2.24, 2.45) is 11.1 Å². The molecule has 0 aliphatic heterocycles. The second-order valence-corrected chi connectivity index (χ2v) is 3.31. The third kappa shape index (κ3) is 1.91. The number of carbonyl (C=O) groups is 1. The van der Waals surface area contributed by atoms with E-state index in [2.05, 4.69) is 0 Å². The number of rotatable bonds is 4. The van der Waals surface area contributed by atoms with Gasteiger partial charge in [-0.1, -0.05) is 0 Å². The standard InChI is InChI=1S/C7H13NO3/c8-5(6(10)11)3-7(4-9)1-2-7/h5,9H,1-4,8H2,(H,10,11)/t5-/m0/s1. The number of aliphatic hydroxyl groups is 1. The summed E-state index contributed by atoms with van der Waals surface area (Å²) >= 11 is 0. The van der Waals surface area contributed by atoms with Gasteiger partial charge in [-0.25, -0.2) is 0 Å². The lowest BCUT2D eigenvalue weighted by molar-refractivity contribution is -0.139. The van der Waals surface area contributed by atoms with Crippen LogP contribution in [0.15, 0.2) is 0 Å². The van der Waals surface area contributed by atoms with Crippen LogP contribution in [0.5, 0.6) is 0 Å². The molecule has 1 aliphatic carbocycles. The molecular formula is C7H13NO3. The third-order valence-corrected chi connectivity index (χ3v) is 2.26. The van der Waals surface area contributed by atoms with E-state index in [0.717, 1.165) is 12.8 Å². The monoisotopic (exact) mass is 159 g/mol. The Balaban J connectivity index is 2.35. The molecule has 0 unspecified atom stereocenters. The Labute approximate surface area is 65.0 Å². The van der Waals surface area contributed by atoms with Crippen LogP contribution in [0.3, 0.4) is 0 Å². The first-order chi connectivity index (χ1) is 5.09. The molecule has 1 rings (SSSR count). The van der Waals surface area contributed by atoms with Gasteiger partial charge in [-0.3, -0.25) is 4.79 Å². The Morgan fingerprint density at radius 2 is 2.18 bits per heavy atom. The van der Waals surface area contributed by atoms with E-state index in [-0.39, 0.29) is 12.0 Å². The topological polar surface area (TPSA) is 83.5 Å². The smallest absolute Gasteiger partial charge is 0.320 e. The molecule has 0 saturated heterocycles. The van der Waals surface area contributed by atoms with Crippen LogP contribution in [0.2, 0.25) is 0 Å². The van der Waals surface area contributed by atoms with E-state index in [1.54, 1.807) is 0 Å². The lowest BCUT2D eigenvalue weighted by Crippen LogP contribution is -2.33. The van der Waals surface area contributed by atoms with Crippen molar-refractivity contribution in [3.05, 3.63) is 0 Å². The van der Waals surface area contributed by atoms with Gasteiger partial charge in [0.25, 0.3) is 0 Å². The molecule has 4 nitrogen and oxygen atoms in total. The van der Waals surface area contributed by atoms with Gasteiger partial charge in [0.1, 0.15) is 6.04 Å². The summed E-state index contributed by atoms with van der Waals surface area (Å²) in [5.74, 6) is -0.982. The lowest BCUT2D eigenvalue weighted by Gasteiger charge is -2.13. The van der Waals surface area contributed by atoms with E-state index in [0.29, 0.717) is 6.42 Å². The van der Waals surface area contributed by atoms with E-state index in [1.807, 2.05) is 0 Å². The van der Waals surface area contributed by atoms with Crippen molar-refractivity contribution in [3.8, 4) is 0 Å². The first-order valence-electron chi connectivity index (χ1n) is 3.69. The second kappa shape index (κ2) is 2.79. The molecule has 64 valence electrons. The van der Waals surface area contributed by atoms with Gasteiger partial charge < -0.3 is 15.9 Å². The molecule has 0 amide bonds. The fourth-order valence-corrected chi connectivity index (χ4v) is 1.16. The average Bonchev–Trinajstić information content (AvgIpc) is 2.69. The quantitative estimate of drug-likeness (QED) is 0.519. The number of carboxylic acids is 1. The number of nitrogens with two attached hydrogens (primary N) is 1. The minimum Gasteiger partial charge on any atom is -0.480 e. The summed E-state index contributed by atoms with van der Waals surface area (Å²) in [6.07, 6.45) is 2.22. The highest BCUT2D eigenvalue weighted by molar-refractivity contribution is 5.73. The summed E-state index contributed by atoms with van der Waals surface area (Å²) in [7, 11) is 0. The minimum atomic E-state index is -0.982. The van der Waals surface area contributed by atoms with Crippen molar-refractivity contribution in [2.75, 3.05) is 6.61 Å². The van der Waals surface area contributed by atoms with E-state index in [9.17, 15) is 4.79 Å². The van der Waals surface area contributed by atoms with Gasteiger partial charge >= 0.3 is 5.97 Å². The molecule has 0 radical (unpaired) electrons. The molecule has 0 aromatic heterocycles. The summed E-state index contributed by atoms with van der Waals surface area (Å²) in [5.41, 5.74) is 5.15. The third-order valence-electron chi connectivity index (χ3n) is 2.26. The predicted molar refractivity (Wildman–Crippen MR) is 39.0 cm³/mol. The molecule has 1 fully saturated rings. The highest BCUT2D eigenvalue weighted by Crippen LogP contribution is 2.48. The highest BCUT2D eigenvalue weighted by atomic mass is 16.4. The van der Waals surface area contributed by atoms with Gasteiger partial charge in [0.2, 0.25) is 0 Å². The maximum Gasteiger partial charge on any atom is 0.320 e. The summed E-state index contributed by atoms with van der Waals surface area (Å²) in [5, 5.41) is 17.3. The average molecular weight is 159 g/mol. The molecular weight excluding hydrogens is 146 g/mol. The molecule has 1 saturated carbocycles. The predicted octanol–water partition coefficient (Wildman–Crippen LogP) is -0.439. The largest absolute Gasteiger partial charge is 0.480 e. The van der Waals surface area contributed by atoms with Crippen LogP contribution in [-0.2, 0) is 4.79 Å². The zero-order valence-electron chi connectivity index (χ0n) is 6.29. The zero-order chi connectivity index (χ0) is 8.48. The van der Waals surface area contributed by atoms with Crippen molar-refractivity contribution in [1.82, 2.24) is 0 Å². The molecule has 11 heavy (non-hydrogen) atoms. The molecule has 0 spiro atoms. The van der Waals surface area contributed by atoms with Crippen LogP contribution in [-0.4, -0.2) is 28.8 Å². The Bertz CT molecular complexity index is 165. The highest BCUT2D eigenvalue weighted by Gasteiger charge is 2.44. The Morgan fingerprint density at radius 1 is 1.64 bits per heavy atom. The number of carboxylic acid groups (broad SMARTS) is 1.